The zero-order chi connectivity index (χ0) is 20.6. The van der Waals surface area contributed by atoms with Crippen molar-refractivity contribution in [3.8, 4) is 11.5 Å². The van der Waals surface area contributed by atoms with Crippen molar-refractivity contribution in [1.82, 2.24) is 4.90 Å². The first-order valence-corrected chi connectivity index (χ1v) is 10.3. The monoisotopic (exact) mass is 393 g/mol. The molecule has 0 saturated carbocycles. The number of aryl methyl sites for hydroxylation is 1. The Balaban J connectivity index is 1.47. The molecule has 0 bridgehead atoms. The van der Waals surface area contributed by atoms with E-state index in [9.17, 15) is 9.59 Å². The second kappa shape index (κ2) is 7.54. The fourth-order valence-corrected chi connectivity index (χ4v) is 4.22. The Morgan fingerprint density at radius 1 is 1.10 bits per heavy atom. The molecule has 0 unspecified atom stereocenters. The van der Waals surface area contributed by atoms with Gasteiger partial charge in [0.05, 0.1) is 18.6 Å². The molecular weight excluding hydrogens is 366 g/mol. The van der Waals surface area contributed by atoms with Gasteiger partial charge < -0.3 is 14.4 Å². The molecule has 2 aliphatic rings. The summed E-state index contributed by atoms with van der Waals surface area (Å²) in [5.41, 5.74) is 2.99. The normalized spacial score (nSPS) is 17.6. The van der Waals surface area contributed by atoms with Gasteiger partial charge in [-0.15, -0.1) is 0 Å². The number of likely N-dealkylation sites (tertiary alicyclic amines) is 1. The van der Waals surface area contributed by atoms with Gasteiger partial charge in [0, 0.05) is 31.5 Å². The average Bonchev–Trinajstić information content (AvgIpc) is 2.72. The van der Waals surface area contributed by atoms with E-state index < -0.39 is 5.60 Å². The molecule has 2 aromatic rings. The lowest BCUT2D eigenvalue weighted by molar-refractivity contribution is -0.00620. The summed E-state index contributed by atoms with van der Waals surface area (Å²) < 4.78 is 11.9. The highest BCUT2D eigenvalue weighted by Gasteiger charge is 2.44. The van der Waals surface area contributed by atoms with Crippen molar-refractivity contribution < 1.29 is 19.1 Å². The predicted octanol–water partition coefficient (Wildman–Crippen LogP) is 4.34. The summed E-state index contributed by atoms with van der Waals surface area (Å²) in [5.74, 6) is 1.64. The Labute approximate surface area is 171 Å². The van der Waals surface area contributed by atoms with Crippen LogP contribution < -0.4 is 9.47 Å². The predicted molar refractivity (Wildman–Crippen MR) is 111 cm³/mol. The number of ketones is 1. The van der Waals surface area contributed by atoms with Crippen LogP contribution in [-0.2, 0) is 0 Å². The van der Waals surface area contributed by atoms with Crippen molar-refractivity contribution in [2.75, 3.05) is 19.7 Å². The molecule has 0 atom stereocenters. The summed E-state index contributed by atoms with van der Waals surface area (Å²) in [5, 5.41) is 0. The molecule has 2 aliphatic heterocycles. The second-order valence-corrected chi connectivity index (χ2v) is 8.02. The summed E-state index contributed by atoms with van der Waals surface area (Å²) in [6.07, 6.45) is 1.70. The van der Waals surface area contributed by atoms with Gasteiger partial charge in [0.1, 0.15) is 17.1 Å². The van der Waals surface area contributed by atoms with Gasteiger partial charge in [0.15, 0.2) is 5.78 Å². The molecule has 0 aliphatic carbocycles. The maximum atomic E-state index is 12.9. The maximum absolute atomic E-state index is 12.9. The van der Waals surface area contributed by atoms with Gasteiger partial charge in [-0.2, -0.15) is 0 Å². The van der Waals surface area contributed by atoms with Gasteiger partial charge in [-0.3, -0.25) is 9.59 Å². The van der Waals surface area contributed by atoms with Crippen LogP contribution in [0.5, 0.6) is 11.5 Å². The third kappa shape index (κ3) is 3.61. The molecule has 1 amide bonds. The van der Waals surface area contributed by atoms with E-state index in [1.54, 1.807) is 12.1 Å². The molecule has 0 aromatic heterocycles. The number of carbonyl (C=O) groups excluding carboxylic acids is 2. The molecule has 152 valence electrons. The van der Waals surface area contributed by atoms with Crippen molar-refractivity contribution >= 4 is 11.7 Å². The fourth-order valence-electron chi connectivity index (χ4n) is 4.22. The molecule has 1 spiro atoms. The lowest BCUT2D eigenvalue weighted by Crippen LogP contribution is -2.52. The third-order valence-corrected chi connectivity index (χ3v) is 6.15. The van der Waals surface area contributed by atoms with Crippen molar-refractivity contribution in [2.45, 2.75) is 45.6 Å². The Morgan fingerprint density at radius 2 is 1.79 bits per heavy atom. The first-order valence-electron chi connectivity index (χ1n) is 10.3. The van der Waals surface area contributed by atoms with E-state index >= 15 is 0 Å². The zero-order valence-electron chi connectivity index (χ0n) is 17.3. The van der Waals surface area contributed by atoms with Crippen LogP contribution in [0.1, 0.15) is 58.0 Å². The third-order valence-electron chi connectivity index (χ3n) is 6.15. The summed E-state index contributed by atoms with van der Waals surface area (Å²) in [6, 6.07) is 11.1. The standard InChI is InChI=1S/C24H27NO4/c1-4-28-19-8-6-18(7-9-19)23(27)25-13-11-24(12-14-25)15-21(26)20-10-5-16(2)17(3)22(20)29-24/h5-10H,4,11-15H2,1-3H3. The van der Waals surface area contributed by atoms with E-state index in [0.717, 1.165) is 22.6 Å². The van der Waals surface area contributed by atoms with Crippen molar-refractivity contribution in [1.29, 1.82) is 0 Å². The molecule has 2 heterocycles. The lowest BCUT2D eigenvalue weighted by atomic mass is 9.81. The van der Waals surface area contributed by atoms with Crippen LogP contribution in [0.15, 0.2) is 36.4 Å². The van der Waals surface area contributed by atoms with Gasteiger partial charge in [-0.1, -0.05) is 6.07 Å². The number of fused-ring (bicyclic) bond motifs is 1. The number of nitrogens with zero attached hydrogens (tertiary/aromatic N) is 1. The SMILES string of the molecule is CCOc1ccc(C(=O)N2CCC3(CC2)CC(=O)c2ccc(C)c(C)c2O3)cc1. The minimum atomic E-state index is -0.502. The Kier molecular flexibility index (Phi) is 5.07. The van der Waals surface area contributed by atoms with Gasteiger partial charge in [0.2, 0.25) is 0 Å². The lowest BCUT2D eigenvalue weighted by Gasteiger charge is -2.44. The van der Waals surface area contributed by atoms with Gasteiger partial charge >= 0.3 is 0 Å². The molecule has 2 aromatic carbocycles. The molecule has 5 nitrogen and oxygen atoms in total. The summed E-state index contributed by atoms with van der Waals surface area (Å²) >= 11 is 0. The highest BCUT2D eigenvalue weighted by atomic mass is 16.5. The highest BCUT2D eigenvalue weighted by Crippen LogP contribution is 2.41. The number of hydrogen-bond donors (Lipinski definition) is 0. The van der Waals surface area contributed by atoms with Crippen LogP contribution in [-0.4, -0.2) is 41.9 Å². The number of carbonyl (C=O) groups is 2. The number of piperidine rings is 1. The van der Waals surface area contributed by atoms with E-state index in [0.29, 0.717) is 50.1 Å². The number of rotatable bonds is 3. The molecule has 5 heteroatoms. The molecule has 1 saturated heterocycles. The highest BCUT2D eigenvalue weighted by molar-refractivity contribution is 6.01. The van der Waals surface area contributed by atoms with Gasteiger partial charge in [-0.25, -0.2) is 0 Å². The van der Waals surface area contributed by atoms with Crippen LogP contribution in [0.2, 0.25) is 0 Å². The minimum absolute atomic E-state index is 0.0115. The first kappa shape index (κ1) is 19.5. The number of hydrogen-bond acceptors (Lipinski definition) is 4. The van der Waals surface area contributed by atoms with Crippen LogP contribution in [0, 0.1) is 13.8 Å². The topological polar surface area (TPSA) is 55.8 Å². The Bertz CT molecular complexity index is 940. The molecular formula is C24H27NO4. The van der Waals surface area contributed by atoms with Crippen molar-refractivity contribution in [3.05, 3.63) is 58.7 Å². The van der Waals surface area contributed by atoms with Crippen LogP contribution in [0.3, 0.4) is 0 Å². The summed E-state index contributed by atoms with van der Waals surface area (Å²) in [6.45, 7) is 7.73. The molecule has 0 radical (unpaired) electrons. The molecule has 4 rings (SSSR count). The molecule has 0 N–H and O–H groups in total. The molecule has 1 fully saturated rings. The average molecular weight is 393 g/mol. The van der Waals surface area contributed by atoms with E-state index in [2.05, 4.69) is 0 Å². The number of benzene rings is 2. The minimum Gasteiger partial charge on any atom is -0.494 e. The van der Waals surface area contributed by atoms with Gasteiger partial charge in [0.25, 0.3) is 5.91 Å². The van der Waals surface area contributed by atoms with Crippen molar-refractivity contribution in [3.63, 3.8) is 0 Å². The van der Waals surface area contributed by atoms with E-state index in [-0.39, 0.29) is 11.7 Å². The Morgan fingerprint density at radius 3 is 2.45 bits per heavy atom. The summed E-state index contributed by atoms with van der Waals surface area (Å²) in [7, 11) is 0. The Hall–Kier alpha value is -2.82. The quantitative estimate of drug-likeness (QED) is 0.778. The number of Topliss-reactive ketones (excluding diaryl/α,β-unsaturated/α-hetero) is 1. The first-order chi connectivity index (χ1) is 13.9. The zero-order valence-corrected chi connectivity index (χ0v) is 17.3. The summed E-state index contributed by atoms with van der Waals surface area (Å²) in [4.78, 5) is 27.5. The van der Waals surface area contributed by atoms with Gasteiger partial charge in [-0.05, 0) is 62.2 Å². The van der Waals surface area contributed by atoms with Crippen LogP contribution in [0.4, 0.5) is 0 Å². The van der Waals surface area contributed by atoms with Crippen molar-refractivity contribution in [2.24, 2.45) is 0 Å². The van der Waals surface area contributed by atoms with Crippen LogP contribution in [0.25, 0.3) is 0 Å². The van der Waals surface area contributed by atoms with E-state index in [1.807, 2.05) is 49.9 Å². The number of amides is 1. The number of ether oxygens (including phenoxy) is 2. The van der Waals surface area contributed by atoms with Crippen LogP contribution >= 0.6 is 0 Å². The fraction of sp³-hybridized carbons (Fsp3) is 0.417. The van der Waals surface area contributed by atoms with E-state index in [1.165, 1.54) is 0 Å². The largest absolute Gasteiger partial charge is 0.494 e. The molecule has 29 heavy (non-hydrogen) atoms. The maximum Gasteiger partial charge on any atom is 0.253 e. The smallest absolute Gasteiger partial charge is 0.253 e. The van der Waals surface area contributed by atoms with E-state index in [4.69, 9.17) is 9.47 Å². The second-order valence-electron chi connectivity index (χ2n) is 8.02.